The van der Waals surface area contributed by atoms with E-state index >= 15 is 0 Å². The van der Waals surface area contributed by atoms with Crippen LogP contribution in [-0.2, 0) is 0 Å². The Hall–Kier alpha value is -1.46. The molecule has 1 aliphatic rings. The molecule has 0 saturated carbocycles. The summed E-state index contributed by atoms with van der Waals surface area (Å²) in [6, 6.07) is 3.47. The van der Waals surface area contributed by atoms with E-state index in [9.17, 15) is 5.11 Å². The second-order valence-electron chi connectivity index (χ2n) is 3.17. The number of nitrogens with two attached hydrogens (primary N) is 1. The van der Waals surface area contributed by atoms with Crippen LogP contribution in [0.1, 0.15) is 11.7 Å². The number of hydrogen-bond acceptors (Lipinski definition) is 5. The van der Waals surface area contributed by atoms with Crippen LogP contribution in [0.5, 0.6) is 17.2 Å². The van der Waals surface area contributed by atoms with Crippen molar-refractivity contribution in [3.8, 4) is 17.2 Å². The Morgan fingerprint density at radius 3 is 3.00 bits per heavy atom. The number of hydrogen-bond donors (Lipinski definition) is 2. The molecular weight excluding hydrogens is 198 g/mol. The largest absolute Gasteiger partial charge is 0.496 e. The lowest BCUT2D eigenvalue weighted by molar-refractivity contribution is 0.158. The topological polar surface area (TPSA) is 73.9 Å². The summed E-state index contributed by atoms with van der Waals surface area (Å²) in [6.07, 6.45) is -0.809. The maximum Gasteiger partial charge on any atom is 0.231 e. The highest BCUT2D eigenvalue weighted by molar-refractivity contribution is 5.56. The third-order valence-corrected chi connectivity index (χ3v) is 2.31. The molecule has 82 valence electrons. The number of aliphatic hydroxyl groups is 1. The molecule has 1 heterocycles. The second kappa shape index (κ2) is 3.96. The Morgan fingerprint density at radius 1 is 1.53 bits per heavy atom. The van der Waals surface area contributed by atoms with Gasteiger partial charge in [0.25, 0.3) is 0 Å². The third kappa shape index (κ3) is 1.60. The van der Waals surface area contributed by atoms with Crippen molar-refractivity contribution >= 4 is 0 Å². The van der Waals surface area contributed by atoms with Gasteiger partial charge in [-0.1, -0.05) is 0 Å². The Kier molecular flexibility index (Phi) is 2.66. The normalized spacial score (nSPS) is 15.1. The average Bonchev–Trinajstić information content (AvgIpc) is 2.74. The highest BCUT2D eigenvalue weighted by Crippen LogP contribution is 2.43. The van der Waals surface area contributed by atoms with Gasteiger partial charge in [0.2, 0.25) is 6.79 Å². The smallest absolute Gasteiger partial charge is 0.231 e. The summed E-state index contributed by atoms with van der Waals surface area (Å²) in [5, 5.41) is 9.76. The number of benzene rings is 1. The van der Waals surface area contributed by atoms with Crippen molar-refractivity contribution < 1.29 is 19.3 Å². The molecule has 1 aliphatic heterocycles. The van der Waals surface area contributed by atoms with Crippen molar-refractivity contribution in [3.05, 3.63) is 17.7 Å². The van der Waals surface area contributed by atoms with Gasteiger partial charge in [0.05, 0.1) is 18.8 Å². The molecule has 1 aromatic carbocycles. The molecule has 15 heavy (non-hydrogen) atoms. The minimum Gasteiger partial charge on any atom is -0.496 e. The first kappa shape index (κ1) is 10.1. The maximum absolute atomic E-state index is 9.76. The van der Waals surface area contributed by atoms with E-state index in [2.05, 4.69) is 0 Å². The van der Waals surface area contributed by atoms with Crippen LogP contribution in [0.15, 0.2) is 12.1 Å². The quantitative estimate of drug-likeness (QED) is 0.757. The minimum absolute atomic E-state index is 0.107. The molecule has 1 aromatic rings. The Morgan fingerprint density at radius 2 is 2.33 bits per heavy atom. The molecule has 3 N–H and O–H groups in total. The van der Waals surface area contributed by atoms with Gasteiger partial charge in [-0.2, -0.15) is 0 Å². The first-order valence-corrected chi connectivity index (χ1v) is 4.62. The molecule has 0 aromatic heterocycles. The third-order valence-electron chi connectivity index (χ3n) is 2.31. The molecule has 0 bridgehead atoms. The van der Waals surface area contributed by atoms with E-state index in [0.29, 0.717) is 22.8 Å². The molecule has 0 aliphatic carbocycles. The Labute approximate surface area is 87.4 Å². The molecule has 0 radical (unpaired) electrons. The van der Waals surface area contributed by atoms with Gasteiger partial charge >= 0.3 is 0 Å². The minimum atomic E-state index is -0.809. The monoisotopic (exact) mass is 211 g/mol. The van der Waals surface area contributed by atoms with Gasteiger partial charge in [-0.3, -0.25) is 0 Å². The van der Waals surface area contributed by atoms with Crippen molar-refractivity contribution in [1.29, 1.82) is 0 Å². The number of aliphatic hydroxyl groups excluding tert-OH is 1. The summed E-state index contributed by atoms with van der Waals surface area (Å²) in [5.74, 6) is 1.68. The highest BCUT2D eigenvalue weighted by atomic mass is 16.7. The maximum atomic E-state index is 9.76. The average molecular weight is 211 g/mol. The van der Waals surface area contributed by atoms with E-state index in [-0.39, 0.29) is 13.3 Å². The zero-order chi connectivity index (χ0) is 10.8. The van der Waals surface area contributed by atoms with Crippen LogP contribution in [0.4, 0.5) is 0 Å². The standard InChI is InChI=1S/C10H13NO4/c1-13-7-2-3-8-10(15-5-14-8)9(7)6(12)4-11/h2-3,6,12H,4-5,11H2,1H3. The van der Waals surface area contributed by atoms with Gasteiger partial charge < -0.3 is 25.1 Å². The summed E-state index contributed by atoms with van der Waals surface area (Å²) in [5.41, 5.74) is 5.97. The summed E-state index contributed by atoms with van der Waals surface area (Å²) in [4.78, 5) is 0. The van der Waals surface area contributed by atoms with Gasteiger partial charge in [0.15, 0.2) is 11.5 Å². The SMILES string of the molecule is COc1ccc2c(c1C(O)CN)OCO2. The van der Waals surface area contributed by atoms with Crippen LogP contribution in [0.3, 0.4) is 0 Å². The van der Waals surface area contributed by atoms with Crippen molar-refractivity contribution in [3.63, 3.8) is 0 Å². The van der Waals surface area contributed by atoms with E-state index in [0.717, 1.165) is 0 Å². The first-order chi connectivity index (χ1) is 7.27. The number of ether oxygens (including phenoxy) is 3. The predicted molar refractivity (Wildman–Crippen MR) is 53.1 cm³/mol. The van der Waals surface area contributed by atoms with Crippen LogP contribution in [-0.4, -0.2) is 25.6 Å². The Bertz CT molecular complexity index is 367. The fourth-order valence-corrected chi connectivity index (χ4v) is 1.59. The van der Waals surface area contributed by atoms with Crippen molar-refractivity contribution in [2.24, 2.45) is 5.73 Å². The van der Waals surface area contributed by atoms with Crippen LogP contribution in [0.25, 0.3) is 0 Å². The van der Waals surface area contributed by atoms with Crippen LogP contribution >= 0.6 is 0 Å². The number of rotatable bonds is 3. The summed E-state index contributed by atoms with van der Waals surface area (Å²) in [6.45, 7) is 0.267. The molecule has 0 fully saturated rings. The lowest BCUT2D eigenvalue weighted by atomic mass is 10.1. The lowest BCUT2D eigenvalue weighted by Gasteiger charge is -2.15. The van der Waals surface area contributed by atoms with E-state index in [1.807, 2.05) is 0 Å². The molecule has 0 saturated heterocycles. The molecule has 0 amide bonds. The molecule has 1 unspecified atom stereocenters. The molecule has 1 atom stereocenters. The molecule has 5 nitrogen and oxygen atoms in total. The summed E-state index contributed by atoms with van der Waals surface area (Å²) in [7, 11) is 1.53. The van der Waals surface area contributed by atoms with Gasteiger partial charge in [-0.05, 0) is 12.1 Å². The van der Waals surface area contributed by atoms with Crippen LogP contribution < -0.4 is 19.9 Å². The van der Waals surface area contributed by atoms with Crippen LogP contribution in [0.2, 0.25) is 0 Å². The van der Waals surface area contributed by atoms with E-state index in [4.69, 9.17) is 19.9 Å². The van der Waals surface area contributed by atoms with Gasteiger partial charge in [0, 0.05) is 6.54 Å². The number of fused-ring (bicyclic) bond motifs is 1. The fourth-order valence-electron chi connectivity index (χ4n) is 1.59. The summed E-state index contributed by atoms with van der Waals surface area (Å²) >= 11 is 0. The molecule has 2 rings (SSSR count). The van der Waals surface area contributed by atoms with E-state index in [1.165, 1.54) is 7.11 Å². The van der Waals surface area contributed by atoms with E-state index in [1.54, 1.807) is 12.1 Å². The molecular formula is C10H13NO4. The summed E-state index contributed by atoms with van der Waals surface area (Å²) < 4.78 is 15.6. The molecule has 5 heteroatoms. The second-order valence-corrected chi connectivity index (χ2v) is 3.17. The van der Waals surface area contributed by atoms with Crippen LogP contribution in [0, 0.1) is 0 Å². The Balaban J connectivity index is 2.52. The van der Waals surface area contributed by atoms with Gasteiger partial charge in [-0.15, -0.1) is 0 Å². The highest BCUT2D eigenvalue weighted by Gasteiger charge is 2.25. The van der Waals surface area contributed by atoms with E-state index < -0.39 is 6.10 Å². The zero-order valence-corrected chi connectivity index (χ0v) is 8.40. The lowest BCUT2D eigenvalue weighted by Crippen LogP contribution is -2.13. The molecule has 0 spiro atoms. The first-order valence-electron chi connectivity index (χ1n) is 4.62. The number of methoxy groups -OCH3 is 1. The predicted octanol–water partition coefficient (Wildman–Crippen LogP) is 0.416. The van der Waals surface area contributed by atoms with Gasteiger partial charge in [-0.25, -0.2) is 0 Å². The van der Waals surface area contributed by atoms with Gasteiger partial charge in [0.1, 0.15) is 5.75 Å². The van der Waals surface area contributed by atoms with Crippen molar-refractivity contribution in [1.82, 2.24) is 0 Å². The fraction of sp³-hybridized carbons (Fsp3) is 0.400. The van der Waals surface area contributed by atoms with Crippen molar-refractivity contribution in [2.45, 2.75) is 6.10 Å². The zero-order valence-electron chi connectivity index (χ0n) is 8.40. The van der Waals surface area contributed by atoms with Crippen molar-refractivity contribution in [2.75, 3.05) is 20.4 Å².